The summed E-state index contributed by atoms with van der Waals surface area (Å²) in [5.41, 5.74) is 4.53. The quantitative estimate of drug-likeness (QED) is 0.436. The monoisotopic (exact) mass is 433 g/mol. The minimum absolute atomic E-state index is 0.0668. The van der Waals surface area contributed by atoms with Crippen LogP contribution in [0.25, 0.3) is 27.7 Å². The topological polar surface area (TPSA) is 51.9 Å². The molecule has 0 atom stereocenters. The van der Waals surface area contributed by atoms with Crippen LogP contribution < -0.4 is 9.47 Å². The molecule has 0 bridgehead atoms. The van der Waals surface area contributed by atoms with Crippen LogP contribution in [0.5, 0.6) is 11.5 Å². The molecule has 5 heteroatoms. The number of fused-ring (bicyclic) bond motifs is 1. The zero-order chi connectivity index (χ0) is 22.7. The fourth-order valence-electron chi connectivity index (χ4n) is 4.24. The predicted octanol–water partition coefficient (Wildman–Crippen LogP) is 6.17. The van der Waals surface area contributed by atoms with Crippen LogP contribution in [-0.4, -0.2) is 37.6 Å². The number of hydrogen-bond donors (Lipinski definition) is 0. The summed E-state index contributed by atoms with van der Waals surface area (Å²) in [6, 6.07) is 11.9. The standard InChI is InChI=1S/C27H31NO4/c1-5-31-25-16-26-23(24(17-32-26)20-7-6-8-21(14-20)30-4)15-22(25)19(3)13-27(29)28-11-9-18(2)10-12-28/h6-8,13-18H,5,9-12H2,1-4H3/b19-13+. The number of allylic oxidation sites excluding steroid dienone is 1. The molecule has 0 N–H and O–H groups in total. The Balaban J connectivity index is 1.73. The highest BCUT2D eigenvalue weighted by Crippen LogP contribution is 2.38. The first-order chi connectivity index (χ1) is 15.5. The van der Waals surface area contributed by atoms with Crippen molar-refractivity contribution in [1.82, 2.24) is 4.90 Å². The highest BCUT2D eigenvalue weighted by molar-refractivity contribution is 6.00. The van der Waals surface area contributed by atoms with Gasteiger partial charge in [-0.15, -0.1) is 0 Å². The highest BCUT2D eigenvalue weighted by atomic mass is 16.5. The first-order valence-corrected chi connectivity index (χ1v) is 11.3. The number of ether oxygens (including phenoxy) is 2. The lowest BCUT2D eigenvalue weighted by Crippen LogP contribution is -2.36. The molecule has 0 radical (unpaired) electrons. The number of rotatable bonds is 6. The number of benzene rings is 2. The van der Waals surface area contributed by atoms with E-state index < -0.39 is 0 Å². The maximum Gasteiger partial charge on any atom is 0.246 e. The average molecular weight is 434 g/mol. The molecule has 4 rings (SSSR count). The molecule has 1 aromatic heterocycles. The fraction of sp³-hybridized carbons (Fsp3) is 0.370. The lowest BCUT2D eigenvalue weighted by Gasteiger charge is -2.29. The van der Waals surface area contributed by atoms with Gasteiger partial charge in [0.25, 0.3) is 0 Å². The minimum atomic E-state index is 0.0668. The highest BCUT2D eigenvalue weighted by Gasteiger charge is 2.20. The summed E-state index contributed by atoms with van der Waals surface area (Å²) < 4.78 is 17.2. The van der Waals surface area contributed by atoms with Gasteiger partial charge in [-0.25, -0.2) is 0 Å². The molecule has 2 aromatic carbocycles. The number of likely N-dealkylation sites (tertiary alicyclic amines) is 1. The van der Waals surface area contributed by atoms with E-state index in [1.807, 2.05) is 49.1 Å². The minimum Gasteiger partial charge on any atom is -0.497 e. The van der Waals surface area contributed by atoms with E-state index in [2.05, 4.69) is 13.0 Å². The third-order valence-electron chi connectivity index (χ3n) is 6.22. The van der Waals surface area contributed by atoms with Gasteiger partial charge in [0, 0.05) is 41.7 Å². The van der Waals surface area contributed by atoms with E-state index in [0.717, 1.165) is 70.7 Å². The number of piperidine rings is 1. The molecule has 0 saturated carbocycles. The Morgan fingerprint density at radius 3 is 2.72 bits per heavy atom. The second-order valence-corrected chi connectivity index (χ2v) is 8.49. The molecule has 1 fully saturated rings. The zero-order valence-electron chi connectivity index (χ0n) is 19.3. The van der Waals surface area contributed by atoms with Gasteiger partial charge in [-0.3, -0.25) is 4.79 Å². The summed E-state index contributed by atoms with van der Waals surface area (Å²) in [4.78, 5) is 14.9. The number of nitrogens with zero attached hydrogens (tertiary/aromatic N) is 1. The van der Waals surface area contributed by atoms with Crippen molar-refractivity contribution in [2.75, 3.05) is 26.8 Å². The molecule has 0 aliphatic carbocycles. The predicted molar refractivity (Wildman–Crippen MR) is 128 cm³/mol. The van der Waals surface area contributed by atoms with Crippen molar-refractivity contribution in [3.8, 4) is 22.6 Å². The van der Waals surface area contributed by atoms with Crippen LogP contribution in [0, 0.1) is 5.92 Å². The van der Waals surface area contributed by atoms with E-state index in [-0.39, 0.29) is 5.91 Å². The van der Waals surface area contributed by atoms with E-state index >= 15 is 0 Å². The van der Waals surface area contributed by atoms with E-state index in [9.17, 15) is 4.79 Å². The SMILES string of the molecule is CCOc1cc2occ(-c3cccc(OC)c3)c2cc1/C(C)=C/C(=O)N1CCC(C)CC1. The van der Waals surface area contributed by atoms with Gasteiger partial charge in [0.05, 0.1) is 20.0 Å². The summed E-state index contributed by atoms with van der Waals surface area (Å²) in [6.07, 6.45) is 5.63. The molecule has 168 valence electrons. The van der Waals surface area contributed by atoms with E-state index in [4.69, 9.17) is 13.9 Å². The average Bonchev–Trinajstić information content (AvgIpc) is 3.22. The van der Waals surface area contributed by atoms with Gasteiger partial charge in [0.2, 0.25) is 5.91 Å². The first-order valence-electron chi connectivity index (χ1n) is 11.3. The van der Waals surface area contributed by atoms with Crippen molar-refractivity contribution >= 4 is 22.4 Å². The van der Waals surface area contributed by atoms with Crippen molar-refractivity contribution < 1.29 is 18.7 Å². The van der Waals surface area contributed by atoms with Gasteiger partial charge >= 0.3 is 0 Å². The van der Waals surface area contributed by atoms with Crippen molar-refractivity contribution in [3.05, 3.63) is 54.3 Å². The largest absolute Gasteiger partial charge is 0.497 e. The van der Waals surface area contributed by atoms with Crippen LogP contribution in [0.15, 0.2) is 53.2 Å². The Kier molecular flexibility index (Phi) is 6.54. The molecule has 0 spiro atoms. The van der Waals surface area contributed by atoms with Gasteiger partial charge in [-0.05, 0) is 61.9 Å². The molecule has 5 nitrogen and oxygen atoms in total. The third kappa shape index (κ3) is 4.52. The molecular weight excluding hydrogens is 402 g/mol. The molecule has 1 aliphatic rings. The summed E-state index contributed by atoms with van der Waals surface area (Å²) in [5.74, 6) is 2.27. The molecular formula is C27H31NO4. The molecule has 1 saturated heterocycles. The molecule has 0 unspecified atom stereocenters. The number of carbonyl (C=O) groups excluding carboxylic acids is 1. The maximum atomic E-state index is 12.9. The van der Waals surface area contributed by atoms with Crippen molar-refractivity contribution in [2.24, 2.45) is 5.92 Å². The van der Waals surface area contributed by atoms with Crippen LogP contribution in [0.4, 0.5) is 0 Å². The number of carbonyl (C=O) groups is 1. The molecule has 3 aromatic rings. The summed E-state index contributed by atoms with van der Waals surface area (Å²) >= 11 is 0. The number of furan rings is 1. The lowest BCUT2D eigenvalue weighted by atomic mass is 9.98. The molecule has 1 aliphatic heterocycles. The van der Waals surface area contributed by atoms with Gasteiger partial charge in [-0.1, -0.05) is 19.1 Å². The van der Waals surface area contributed by atoms with Crippen LogP contribution >= 0.6 is 0 Å². The van der Waals surface area contributed by atoms with E-state index in [0.29, 0.717) is 12.5 Å². The van der Waals surface area contributed by atoms with Gasteiger partial charge in [-0.2, -0.15) is 0 Å². The van der Waals surface area contributed by atoms with Crippen LogP contribution in [0.1, 0.15) is 39.2 Å². The Morgan fingerprint density at radius 1 is 1.22 bits per heavy atom. The first kappa shape index (κ1) is 22.0. The number of amides is 1. The van der Waals surface area contributed by atoms with Crippen LogP contribution in [0.3, 0.4) is 0 Å². The summed E-state index contributed by atoms with van der Waals surface area (Å²) in [6.45, 7) is 8.35. The fourth-order valence-corrected chi connectivity index (χ4v) is 4.24. The Hall–Kier alpha value is -3.21. The zero-order valence-corrected chi connectivity index (χ0v) is 19.3. The van der Waals surface area contributed by atoms with Gasteiger partial charge in [0.1, 0.15) is 17.1 Å². The summed E-state index contributed by atoms with van der Waals surface area (Å²) in [7, 11) is 1.66. The second-order valence-electron chi connectivity index (χ2n) is 8.49. The van der Waals surface area contributed by atoms with Crippen molar-refractivity contribution in [3.63, 3.8) is 0 Å². The van der Waals surface area contributed by atoms with Crippen LogP contribution in [-0.2, 0) is 4.79 Å². The second kappa shape index (κ2) is 9.51. The Bertz CT molecular complexity index is 1140. The van der Waals surface area contributed by atoms with Crippen molar-refractivity contribution in [1.29, 1.82) is 0 Å². The Labute approximate surface area is 189 Å². The number of methoxy groups -OCH3 is 1. The van der Waals surface area contributed by atoms with E-state index in [1.54, 1.807) is 19.4 Å². The molecule has 1 amide bonds. The normalized spacial score (nSPS) is 15.2. The van der Waals surface area contributed by atoms with E-state index in [1.165, 1.54) is 0 Å². The lowest BCUT2D eigenvalue weighted by molar-refractivity contribution is -0.127. The molecule has 2 heterocycles. The number of hydrogen-bond acceptors (Lipinski definition) is 4. The molecule has 32 heavy (non-hydrogen) atoms. The van der Waals surface area contributed by atoms with Crippen LogP contribution in [0.2, 0.25) is 0 Å². The van der Waals surface area contributed by atoms with Gasteiger partial charge < -0.3 is 18.8 Å². The maximum absolute atomic E-state index is 12.9. The van der Waals surface area contributed by atoms with Crippen molar-refractivity contribution in [2.45, 2.75) is 33.6 Å². The smallest absolute Gasteiger partial charge is 0.246 e. The third-order valence-corrected chi connectivity index (χ3v) is 6.22. The summed E-state index contributed by atoms with van der Waals surface area (Å²) in [5, 5.41) is 0.976. The Morgan fingerprint density at radius 2 is 2.00 bits per heavy atom. The van der Waals surface area contributed by atoms with Gasteiger partial charge in [0.15, 0.2) is 0 Å².